The fraction of sp³-hybridized carbons (Fsp3) is 0.316. The van der Waals surface area contributed by atoms with Gasteiger partial charge in [0.25, 0.3) is 5.91 Å². The largest absolute Gasteiger partial charge is 0.467 e. The second kappa shape index (κ2) is 7.74. The average molecular weight is 374 g/mol. The van der Waals surface area contributed by atoms with Crippen molar-refractivity contribution in [3.8, 4) is 5.88 Å². The number of carbonyl (C=O) groups excluding carboxylic acids is 1. The number of hydrogen-bond donors (Lipinski definition) is 1. The molecule has 2 heterocycles. The molecule has 0 saturated heterocycles. The number of ether oxygens (including phenoxy) is 1. The highest BCUT2D eigenvalue weighted by Gasteiger charge is 2.17. The average Bonchev–Trinajstić information content (AvgIpc) is 2.93. The number of nitrogens with zero attached hydrogens (tertiary/aromatic N) is 2. The molecule has 136 valence electrons. The molecule has 2 aromatic heterocycles. The molecule has 26 heavy (non-hydrogen) atoms. The van der Waals surface area contributed by atoms with E-state index >= 15 is 0 Å². The van der Waals surface area contributed by atoms with Crippen LogP contribution in [0, 0.1) is 13.8 Å². The Hall–Kier alpha value is -2.60. The van der Waals surface area contributed by atoms with Gasteiger partial charge in [0.2, 0.25) is 11.6 Å². The van der Waals surface area contributed by atoms with Gasteiger partial charge in [0, 0.05) is 23.6 Å². The van der Waals surface area contributed by atoms with Crippen LogP contribution in [0.15, 0.2) is 28.7 Å². The Kier molecular flexibility index (Phi) is 5.42. The van der Waals surface area contributed by atoms with Crippen LogP contribution in [-0.2, 0) is 17.8 Å². The molecule has 1 N–H and O–H groups in total. The van der Waals surface area contributed by atoms with E-state index < -0.39 is 0 Å². The van der Waals surface area contributed by atoms with Crippen molar-refractivity contribution >= 4 is 28.6 Å². The lowest BCUT2D eigenvalue weighted by Crippen LogP contribution is -2.28. The van der Waals surface area contributed by atoms with Crippen molar-refractivity contribution in [2.75, 3.05) is 6.61 Å². The highest BCUT2D eigenvalue weighted by Crippen LogP contribution is 2.30. The van der Waals surface area contributed by atoms with E-state index in [2.05, 4.69) is 15.3 Å². The van der Waals surface area contributed by atoms with Gasteiger partial charge in [-0.2, -0.15) is 9.97 Å². The van der Waals surface area contributed by atoms with Gasteiger partial charge in [0.1, 0.15) is 17.0 Å². The predicted octanol–water partition coefficient (Wildman–Crippen LogP) is 3.75. The molecule has 0 aliphatic heterocycles. The van der Waals surface area contributed by atoms with E-state index in [1.165, 1.54) is 0 Å². The summed E-state index contributed by atoms with van der Waals surface area (Å²) in [6.45, 7) is 5.92. The lowest BCUT2D eigenvalue weighted by atomic mass is 10.2. The first kappa shape index (κ1) is 18.2. The number of halogens is 1. The van der Waals surface area contributed by atoms with E-state index in [-0.39, 0.29) is 12.5 Å². The van der Waals surface area contributed by atoms with Crippen LogP contribution in [0.3, 0.4) is 0 Å². The van der Waals surface area contributed by atoms with Crippen molar-refractivity contribution < 1.29 is 13.9 Å². The summed E-state index contributed by atoms with van der Waals surface area (Å²) in [6, 6.07) is 7.37. The minimum atomic E-state index is -0.257. The van der Waals surface area contributed by atoms with Gasteiger partial charge in [-0.15, -0.1) is 0 Å². The number of aromatic nitrogens is 2. The van der Waals surface area contributed by atoms with Crippen molar-refractivity contribution in [3.05, 3.63) is 52.0 Å². The number of hydrogen-bond acceptors (Lipinski definition) is 5. The van der Waals surface area contributed by atoms with Gasteiger partial charge in [-0.3, -0.25) is 4.79 Å². The molecule has 3 rings (SSSR count). The molecule has 0 spiro atoms. The van der Waals surface area contributed by atoms with E-state index in [0.29, 0.717) is 40.8 Å². The van der Waals surface area contributed by atoms with Crippen LogP contribution >= 0.6 is 11.6 Å². The van der Waals surface area contributed by atoms with Gasteiger partial charge in [0.05, 0.1) is 0 Å². The van der Waals surface area contributed by atoms with E-state index in [1.807, 2.05) is 39.0 Å². The number of fused-ring (bicyclic) bond motifs is 1. The monoisotopic (exact) mass is 373 g/mol. The Morgan fingerprint density at radius 3 is 2.77 bits per heavy atom. The minimum Gasteiger partial charge on any atom is -0.467 e. The maximum absolute atomic E-state index is 12.1. The molecule has 0 unspecified atom stereocenters. The van der Waals surface area contributed by atoms with Crippen LogP contribution in [-0.4, -0.2) is 22.5 Å². The van der Waals surface area contributed by atoms with Gasteiger partial charge in [-0.25, -0.2) is 0 Å². The predicted molar refractivity (Wildman–Crippen MR) is 99.4 cm³/mol. The Bertz CT molecular complexity index is 953. The zero-order chi connectivity index (χ0) is 18.7. The lowest BCUT2D eigenvalue weighted by molar-refractivity contribution is -0.123. The zero-order valence-corrected chi connectivity index (χ0v) is 15.7. The van der Waals surface area contributed by atoms with E-state index in [0.717, 1.165) is 16.9 Å². The number of furan rings is 1. The number of nitrogens with one attached hydrogen (secondary N) is 1. The van der Waals surface area contributed by atoms with Gasteiger partial charge >= 0.3 is 0 Å². The Balaban J connectivity index is 1.71. The molecule has 0 aliphatic rings. The number of rotatable bonds is 6. The summed E-state index contributed by atoms with van der Waals surface area (Å²) >= 11 is 6.09. The summed E-state index contributed by atoms with van der Waals surface area (Å²) in [4.78, 5) is 20.9. The van der Waals surface area contributed by atoms with Gasteiger partial charge in [-0.1, -0.05) is 36.7 Å². The summed E-state index contributed by atoms with van der Waals surface area (Å²) in [5, 5.41) is 4.11. The van der Waals surface area contributed by atoms with Crippen LogP contribution in [0.2, 0.25) is 5.02 Å². The quantitative estimate of drug-likeness (QED) is 0.712. The van der Waals surface area contributed by atoms with Crippen molar-refractivity contribution in [1.29, 1.82) is 0 Å². The molecule has 0 aliphatic carbocycles. The highest BCUT2D eigenvalue weighted by molar-refractivity contribution is 6.31. The van der Waals surface area contributed by atoms with E-state index in [9.17, 15) is 4.79 Å². The van der Waals surface area contributed by atoms with Gasteiger partial charge in [0.15, 0.2) is 6.61 Å². The molecule has 0 radical (unpaired) electrons. The van der Waals surface area contributed by atoms with Crippen LogP contribution in [0.5, 0.6) is 5.88 Å². The summed E-state index contributed by atoms with van der Waals surface area (Å²) in [5.74, 6) is 1.48. The molecule has 1 amide bonds. The standard InChI is InChI=1S/C19H20ClN3O3/c1-4-15-22-18(17-11(2)12(3)26-19(17)23-15)25-10-16(24)21-9-13-7-5-6-8-14(13)20/h5-8H,4,9-10H2,1-3H3,(H,21,24). The molecule has 6 nitrogen and oxygen atoms in total. The third-order valence-corrected chi connectivity index (χ3v) is 4.50. The minimum absolute atomic E-state index is 0.149. The van der Waals surface area contributed by atoms with Crippen LogP contribution in [0.25, 0.3) is 11.1 Å². The lowest BCUT2D eigenvalue weighted by Gasteiger charge is -2.09. The molecule has 0 atom stereocenters. The third kappa shape index (κ3) is 3.80. The van der Waals surface area contributed by atoms with Crippen LogP contribution < -0.4 is 10.1 Å². The fourth-order valence-corrected chi connectivity index (χ4v) is 2.74. The van der Waals surface area contributed by atoms with Crippen molar-refractivity contribution in [2.24, 2.45) is 0 Å². The Labute approximate surface area is 156 Å². The van der Waals surface area contributed by atoms with Crippen molar-refractivity contribution in [2.45, 2.75) is 33.7 Å². The summed E-state index contributed by atoms with van der Waals surface area (Å²) < 4.78 is 11.3. The number of carbonyl (C=O) groups is 1. The Morgan fingerprint density at radius 2 is 2.04 bits per heavy atom. The third-order valence-electron chi connectivity index (χ3n) is 4.13. The second-order valence-electron chi connectivity index (χ2n) is 5.92. The maximum atomic E-state index is 12.1. The number of benzene rings is 1. The maximum Gasteiger partial charge on any atom is 0.258 e. The SMILES string of the molecule is CCc1nc(OCC(=O)NCc2ccccc2Cl)c2c(C)c(C)oc2n1. The molecule has 0 saturated carbocycles. The topological polar surface area (TPSA) is 77.2 Å². The smallest absolute Gasteiger partial charge is 0.258 e. The van der Waals surface area contributed by atoms with Gasteiger partial charge < -0.3 is 14.5 Å². The molecular formula is C19H20ClN3O3. The fourth-order valence-electron chi connectivity index (χ4n) is 2.54. The first-order valence-corrected chi connectivity index (χ1v) is 8.77. The first-order valence-electron chi connectivity index (χ1n) is 8.39. The first-order chi connectivity index (χ1) is 12.5. The molecule has 0 fully saturated rings. The zero-order valence-electron chi connectivity index (χ0n) is 14.9. The van der Waals surface area contributed by atoms with E-state index in [1.54, 1.807) is 6.07 Å². The van der Waals surface area contributed by atoms with Gasteiger partial charge in [-0.05, 0) is 25.5 Å². The second-order valence-corrected chi connectivity index (χ2v) is 6.33. The molecular weight excluding hydrogens is 354 g/mol. The molecule has 1 aromatic carbocycles. The number of amides is 1. The summed E-state index contributed by atoms with van der Waals surface area (Å²) in [6.07, 6.45) is 0.643. The molecule has 7 heteroatoms. The molecule has 3 aromatic rings. The Morgan fingerprint density at radius 1 is 1.27 bits per heavy atom. The molecule has 0 bridgehead atoms. The highest BCUT2D eigenvalue weighted by atomic mass is 35.5. The number of aryl methyl sites for hydroxylation is 3. The summed E-state index contributed by atoms with van der Waals surface area (Å²) in [5.41, 5.74) is 2.24. The van der Waals surface area contributed by atoms with Crippen LogP contribution in [0.1, 0.15) is 29.6 Å². The normalized spacial score (nSPS) is 10.9. The van der Waals surface area contributed by atoms with Crippen molar-refractivity contribution in [3.63, 3.8) is 0 Å². The van der Waals surface area contributed by atoms with Crippen LogP contribution in [0.4, 0.5) is 0 Å². The van der Waals surface area contributed by atoms with Crippen molar-refractivity contribution in [1.82, 2.24) is 15.3 Å². The van der Waals surface area contributed by atoms with E-state index in [4.69, 9.17) is 20.8 Å². The summed E-state index contributed by atoms with van der Waals surface area (Å²) in [7, 11) is 0.